The number of amides is 1. The van der Waals surface area contributed by atoms with Crippen LogP contribution in [0.1, 0.15) is 12.8 Å². The minimum Gasteiger partial charge on any atom is -0.358 e. The van der Waals surface area contributed by atoms with E-state index < -0.39 is 11.6 Å². The SMILES string of the molecule is O=C1Nc2c(F)cc(F)cc2N2CCCC12. The van der Waals surface area contributed by atoms with Crippen LogP contribution in [-0.2, 0) is 4.79 Å². The molecule has 3 rings (SSSR count). The Morgan fingerprint density at radius 1 is 1.38 bits per heavy atom. The fourth-order valence-electron chi connectivity index (χ4n) is 2.44. The zero-order valence-corrected chi connectivity index (χ0v) is 8.46. The van der Waals surface area contributed by atoms with Crippen LogP contribution in [0.2, 0.25) is 0 Å². The summed E-state index contributed by atoms with van der Waals surface area (Å²) in [4.78, 5) is 13.4. The van der Waals surface area contributed by atoms with Crippen molar-refractivity contribution in [1.82, 2.24) is 0 Å². The molecule has 0 bridgehead atoms. The molecule has 16 heavy (non-hydrogen) atoms. The van der Waals surface area contributed by atoms with Crippen molar-refractivity contribution >= 4 is 17.3 Å². The predicted molar refractivity (Wildman–Crippen MR) is 55.4 cm³/mol. The average Bonchev–Trinajstić information content (AvgIpc) is 2.69. The molecule has 1 N–H and O–H groups in total. The van der Waals surface area contributed by atoms with E-state index in [1.165, 1.54) is 6.07 Å². The zero-order valence-electron chi connectivity index (χ0n) is 8.46. The van der Waals surface area contributed by atoms with Gasteiger partial charge in [-0.3, -0.25) is 4.79 Å². The van der Waals surface area contributed by atoms with Gasteiger partial charge >= 0.3 is 0 Å². The maximum Gasteiger partial charge on any atom is 0.247 e. The highest BCUT2D eigenvalue weighted by atomic mass is 19.1. The number of rotatable bonds is 0. The molecule has 1 aromatic rings. The molecule has 84 valence electrons. The van der Waals surface area contributed by atoms with Gasteiger partial charge in [0.1, 0.15) is 17.5 Å². The van der Waals surface area contributed by atoms with Gasteiger partial charge in [0, 0.05) is 12.6 Å². The minimum absolute atomic E-state index is 0.101. The van der Waals surface area contributed by atoms with Gasteiger partial charge in [-0.1, -0.05) is 0 Å². The van der Waals surface area contributed by atoms with Crippen molar-refractivity contribution in [1.29, 1.82) is 0 Å². The van der Waals surface area contributed by atoms with Gasteiger partial charge in [0.25, 0.3) is 0 Å². The summed E-state index contributed by atoms with van der Waals surface area (Å²) in [6.07, 6.45) is 1.61. The lowest BCUT2D eigenvalue weighted by Crippen LogP contribution is -2.44. The van der Waals surface area contributed by atoms with Crippen LogP contribution in [0.15, 0.2) is 12.1 Å². The van der Waals surface area contributed by atoms with E-state index in [0.717, 1.165) is 18.9 Å². The Morgan fingerprint density at radius 2 is 2.19 bits per heavy atom. The number of anilines is 2. The topological polar surface area (TPSA) is 32.3 Å². The third-order valence-electron chi connectivity index (χ3n) is 3.15. The minimum atomic E-state index is -0.714. The molecule has 0 spiro atoms. The molecule has 1 amide bonds. The van der Waals surface area contributed by atoms with E-state index in [-0.39, 0.29) is 17.6 Å². The van der Waals surface area contributed by atoms with Gasteiger partial charge in [-0.15, -0.1) is 0 Å². The normalized spacial score (nSPS) is 22.8. The third kappa shape index (κ3) is 1.20. The predicted octanol–water partition coefficient (Wildman–Crippen LogP) is 1.89. The Kier molecular flexibility index (Phi) is 1.89. The van der Waals surface area contributed by atoms with Crippen molar-refractivity contribution < 1.29 is 13.6 Å². The van der Waals surface area contributed by atoms with E-state index in [1.54, 1.807) is 4.90 Å². The summed E-state index contributed by atoms with van der Waals surface area (Å²) in [6, 6.07) is 1.79. The van der Waals surface area contributed by atoms with Crippen LogP contribution in [0.5, 0.6) is 0 Å². The fraction of sp³-hybridized carbons (Fsp3) is 0.364. The highest BCUT2D eigenvalue weighted by Crippen LogP contribution is 2.38. The van der Waals surface area contributed by atoms with Crippen molar-refractivity contribution in [2.45, 2.75) is 18.9 Å². The number of fused-ring (bicyclic) bond motifs is 3. The highest BCUT2D eigenvalue weighted by Gasteiger charge is 2.37. The first kappa shape index (κ1) is 9.57. The molecule has 2 heterocycles. The quantitative estimate of drug-likeness (QED) is 0.729. The molecule has 0 aromatic heterocycles. The molecule has 1 aromatic carbocycles. The van der Waals surface area contributed by atoms with Gasteiger partial charge in [-0.25, -0.2) is 8.78 Å². The summed E-state index contributed by atoms with van der Waals surface area (Å²) in [6.45, 7) is 0.675. The first-order valence-electron chi connectivity index (χ1n) is 5.23. The maximum absolute atomic E-state index is 13.5. The summed E-state index contributed by atoms with van der Waals surface area (Å²) in [5, 5.41) is 2.50. The van der Waals surface area contributed by atoms with Gasteiger partial charge in [-0.2, -0.15) is 0 Å². The second-order valence-corrected chi connectivity index (χ2v) is 4.12. The number of hydrogen-bond donors (Lipinski definition) is 1. The summed E-state index contributed by atoms with van der Waals surface area (Å²) < 4.78 is 26.6. The van der Waals surface area contributed by atoms with Crippen LogP contribution >= 0.6 is 0 Å². The van der Waals surface area contributed by atoms with Gasteiger partial charge in [0.15, 0.2) is 5.82 Å². The lowest BCUT2D eigenvalue weighted by Gasteiger charge is -2.33. The summed E-state index contributed by atoms with van der Waals surface area (Å²) in [5.74, 6) is -1.53. The van der Waals surface area contributed by atoms with Crippen LogP contribution in [0.4, 0.5) is 20.2 Å². The largest absolute Gasteiger partial charge is 0.358 e. The molecule has 2 aliphatic heterocycles. The van der Waals surface area contributed by atoms with Crippen molar-refractivity contribution in [2.24, 2.45) is 0 Å². The Labute approximate surface area is 91.0 Å². The maximum atomic E-state index is 13.5. The number of halogens is 2. The monoisotopic (exact) mass is 224 g/mol. The highest BCUT2D eigenvalue weighted by molar-refractivity contribution is 6.04. The van der Waals surface area contributed by atoms with E-state index in [1.807, 2.05) is 0 Å². The molecule has 0 saturated carbocycles. The van der Waals surface area contributed by atoms with Gasteiger partial charge in [-0.05, 0) is 18.9 Å². The van der Waals surface area contributed by atoms with E-state index in [4.69, 9.17) is 0 Å². The van der Waals surface area contributed by atoms with Crippen molar-refractivity contribution in [2.75, 3.05) is 16.8 Å². The molecule has 1 fully saturated rings. The first-order valence-corrected chi connectivity index (χ1v) is 5.23. The standard InChI is InChI=1S/C11H10F2N2O/c12-6-4-7(13)10-9(5-6)15-3-1-2-8(15)11(16)14-10/h4-5,8H,1-3H2,(H,14,16). The van der Waals surface area contributed by atoms with Gasteiger partial charge < -0.3 is 10.2 Å². The van der Waals surface area contributed by atoms with Crippen LogP contribution in [0.3, 0.4) is 0 Å². The van der Waals surface area contributed by atoms with Crippen LogP contribution < -0.4 is 10.2 Å². The number of hydrogen-bond acceptors (Lipinski definition) is 2. The number of carbonyl (C=O) groups excluding carboxylic acids is 1. The third-order valence-corrected chi connectivity index (χ3v) is 3.15. The average molecular weight is 224 g/mol. The Bertz CT molecular complexity index is 475. The smallest absolute Gasteiger partial charge is 0.247 e. The second-order valence-electron chi connectivity index (χ2n) is 4.12. The second kappa shape index (κ2) is 3.17. The van der Waals surface area contributed by atoms with Crippen molar-refractivity contribution in [3.05, 3.63) is 23.8 Å². The van der Waals surface area contributed by atoms with Crippen LogP contribution in [-0.4, -0.2) is 18.5 Å². The number of nitrogens with zero attached hydrogens (tertiary/aromatic N) is 1. The summed E-state index contributed by atoms with van der Waals surface area (Å²) in [7, 11) is 0. The Morgan fingerprint density at radius 3 is 3.00 bits per heavy atom. The summed E-state index contributed by atoms with van der Waals surface area (Å²) >= 11 is 0. The van der Waals surface area contributed by atoms with E-state index in [9.17, 15) is 13.6 Å². The molecule has 5 heteroatoms. The summed E-state index contributed by atoms with van der Waals surface area (Å²) in [5.41, 5.74) is 0.559. The van der Waals surface area contributed by atoms with E-state index in [2.05, 4.69) is 5.32 Å². The van der Waals surface area contributed by atoms with Crippen LogP contribution in [0.25, 0.3) is 0 Å². The van der Waals surface area contributed by atoms with Crippen molar-refractivity contribution in [3.8, 4) is 0 Å². The molecule has 1 unspecified atom stereocenters. The fourth-order valence-corrected chi connectivity index (χ4v) is 2.44. The number of benzene rings is 1. The lowest BCUT2D eigenvalue weighted by molar-refractivity contribution is -0.117. The number of carbonyl (C=O) groups is 1. The molecular formula is C11H10F2N2O. The molecule has 0 aliphatic carbocycles. The van der Waals surface area contributed by atoms with Gasteiger partial charge in [0.05, 0.1) is 5.69 Å². The van der Waals surface area contributed by atoms with Crippen LogP contribution in [0, 0.1) is 11.6 Å². The molecule has 3 nitrogen and oxygen atoms in total. The molecular weight excluding hydrogens is 214 g/mol. The molecule has 1 saturated heterocycles. The number of nitrogens with one attached hydrogen (secondary N) is 1. The molecule has 0 radical (unpaired) electrons. The Balaban J connectivity index is 2.17. The van der Waals surface area contributed by atoms with Gasteiger partial charge in [0.2, 0.25) is 5.91 Å². The van der Waals surface area contributed by atoms with E-state index >= 15 is 0 Å². The molecule has 2 aliphatic rings. The zero-order chi connectivity index (χ0) is 11.3. The van der Waals surface area contributed by atoms with E-state index in [0.29, 0.717) is 12.2 Å². The van der Waals surface area contributed by atoms with Crippen molar-refractivity contribution in [3.63, 3.8) is 0 Å². The first-order chi connectivity index (χ1) is 7.66. The molecule has 1 atom stereocenters. The lowest BCUT2D eigenvalue weighted by atomic mass is 10.1. The Hall–Kier alpha value is -1.65.